The van der Waals surface area contributed by atoms with Crippen LogP contribution in [0.15, 0.2) is 62.8 Å². The highest BCUT2D eigenvalue weighted by Gasteiger charge is 2.46. The molecule has 0 aliphatic heterocycles. The molecule has 3 N–H and O–H groups in total. The van der Waals surface area contributed by atoms with Crippen LogP contribution in [0.5, 0.6) is 0 Å². The van der Waals surface area contributed by atoms with Crippen LogP contribution in [0.4, 0.5) is 5.69 Å². The number of aromatic nitrogens is 2. The third-order valence-electron chi connectivity index (χ3n) is 5.59. The predicted octanol–water partition coefficient (Wildman–Crippen LogP) is 3.94. The molecule has 8 heteroatoms. The Hall–Kier alpha value is -3.26. The second kappa shape index (κ2) is 7.53. The molecule has 0 saturated heterocycles. The van der Waals surface area contributed by atoms with E-state index < -0.39 is 17.0 Å². The zero-order valence-electron chi connectivity index (χ0n) is 17.7. The Kier molecular flexibility index (Phi) is 5.38. The number of hydrogen-bond acceptors (Lipinski definition) is 5. The molecule has 1 aliphatic carbocycles. The van der Waals surface area contributed by atoms with E-state index in [0.29, 0.717) is 5.69 Å². The Labute approximate surface area is 174 Å². The number of carbonyl (C=O) groups is 1. The van der Waals surface area contributed by atoms with Gasteiger partial charge in [0.2, 0.25) is 0 Å². The van der Waals surface area contributed by atoms with E-state index in [9.17, 15) is 19.8 Å². The lowest BCUT2D eigenvalue weighted by atomic mass is 9.69. The van der Waals surface area contributed by atoms with Crippen molar-refractivity contribution < 1.29 is 15.0 Å². The molecule has 0 bridgehead atoms. The summed E-state index contributed by atoms with van der Waals surface area (Å²) < 4.78 is 1.37. The minimum absolute atomic E-state index is 0.0819. The Morgan fingerprint density at radius 2 is 1.87 bits per heavy atom. The molecule has 8 nitrogen and oxygen atoms in total. The lowest BCUT2D eigenvalue weighted by Gasteiger charge is -2.41. The first kappa shape index (κ1) is 21.4. The first-order valence-electron chi connectivity index (χ1n) is 9.61. The largest absolute Gasteiger partial charge is 0.478 e. The number of carboxylic acids is 1. The SMILES string of the molecule is Cc1ccc(-n2[nH]cc(N=NC3=CC=C(C(=O)O)CC3(O)C(C)(C)C)c2=O)cc1C. The number of azo groups is 1. The van der Waals surface area contributed by atoms with Crippen molar-refractivity contribution in [3.05, 3.63) is 69.3 Å². The topological polar surface area (TPSA) is 120 Å². The molecule has 30 heavy (non-hydrogen) atoms. The molecule has 0 amide bonds. The quantitative estimate of drug-likeness (QED) is 0.661. The van der Waals surface area contributed by atoms with E-state index in [4.69, 9.17) is 0 Å². The smallest absolute Gasteiger partial charge is 0.331 e. The number of nitrogens with zero attached hydrogens (tertiary/aromatic N) is 3. The van der Waals surface area contributed by atoms with Crippen molar-refractivity contribution in [3.63, 3.8) is 0 Å². The second-order valence-corrected chi connectivity index (χ2v) is 8.60. The Balaban J connectivity index is 1.98. The van der Waals surface area contributed by atoms with Crippen molar-refractivity contribution >= 4 is 11.7 Å². The van der Waals surface area contributed by atoms with E-state index in [2.05, 4.69) is 15.3 Å². The van der Waals surface area contributed by atoms with Gasteiger partial charge >= 0.3 is 5.97 Å². The average Bonchev–Trinajstić information content (AvgIpc) is 3.02. The van der Waals surface area contributed by atoms with Crippen LogP contribution in [0.2, 0.25) is 0 Å². The summed E-state index contributed by atoms with van der Waals surface area (Å²) in [5.74, 6) is -1.09. The van der Waals surface area contributed by atoms with E-state index in [-0.39, 0.29) is 28.9 Å². The summed E-state index contributed by atoms with van der Waals surface area (Å²) in [6.45, 7) is 9.35. The molecule has 1 unspecified atom stereocenters. The van der Waals surface area contributed by atoms with Crippen LogP contribution in [-0.2, 0) is 4.79 Å². The number of nitrogens with one attached hydrogen (secondary N) is 1. The van der Waals surface area contributed by atoms with Gasteiger partial charge in [0, 0.05) is 12.0 Å². The van der Waals surface area contributed by atoms with Crippen LogP contribution < -0.4 is 5.56 Å². The lowest BCUT2D eigenvalue weighted by Crippen LogP contribution is -2.46. The number of aliphatic carboxylic acids is 1. The minimum Gasteiger partial charge on any atom is -0.478 e. The summed E-state index contributed by atoms with van der Waals surface area (Å²) in [7, 11) is 0. The van der Waals surface area contributed by atoms with Crippen LogP contribution in [0.25, 0.3) is 5.69 Å². The number of allylic oxidation sites excluding steroid dienone is 2. The summed E-state index contributed by atoms with van der Waals surface area (Å²) in [6, 6.07) is 5.66. The monoisotopic (exact) mass is 410 g/mol. The summed E-state index contributed by atoms with van der Waals surface area (Å²) in [4.78, 5) is 24.1. The molecule has 0 fully saturated rings. The van der Waals surface area contributed by atoms with Gasteiger partial charge in [-0.15, -0.1) is 5.11 Å². The summed E-state index contributed by atoms with van der Waals surface area (Å²) in [5.41, 5.74) is 0.619. The van der Waals surface area contributed by atoms with Crippen molar-refractivity contribution in [2.24, 2.45) is 15.6 Å². The number of aryl methyl sites for hydroxylation is 2. The third-order valence-corrected chi connectivity index (χ3v) is 5.59. The van der Waals surface area contributed by atoms with Gasteiger partial charge in [-0.3, -0.25) is 9.89 Å². The van der Waals surface area contributed by atoms with Gasteiger partial charge in [-0.05, 0) is 54.7 Å². The second-order valence-electron chi connectivity index (χ2n) is 8.60. The highest BCUT2D eigenvalue weighted by Crippen LogP contribution is 2.44. The van der Waals surface area contributed by atoms with Crippen molar-refractivity contribution in [3.8, 4) is 5.69 Å². The molecule has 1 aliphatic rings. The summed E-state index contributed by atoms with van der Waals surface area (Å²) in [5, 5.41) is 31.6. The van der Waals surface area contributed by atoms with Crippen molar-refractivity contribution in [2.45, 2.75) is 46.6 Å². The molecule has 1 aromatic heterocycles. The van der Waals surface area contributed by atoms with Crippen molar-refractivity contribution in [1.82, 2.24) is 9.78 Å². The molecule has 0 spiro atoms. The maximum atomic E-state index is 12.7. The standard InChI is InChI=1S/C22H26N4O4/c1-13-6-8-16(10-14(13)2)26-19(27)17(12-23-26)24-25-18-9-7-15(20(28)29)11-22(18,30)21(3,4)5/h6-10,12,23,30H,11H2,1-5H3,(H,28,29). The van der Waals surface area contributed by atoms with Gasteiger partial charge in [0.05, 0.1) is 17.6 Å². The van der Waals surface area contributed by atoms with E-state index in [1.54, 1.807) is 20.8 Å². The Morgan fingerprint density at radius 1 is 1.17 bits per heavy atom. The fourth-order valence-corrected chi connectivity index (χ4v) is 3.25. The van der Waals surface area contributed by atoms with Crippen LogP contribution in [-0.4, -0.2) is 31.6 Å². The van der Waals surface area contributed by atoms with Crippen molar-refractivity contribution in [2.75, 3.05) is 0 Å². The van der Waals surface area contributed by atoms with Gasteiger partial charge in [0.1, 0.15) is 5.60 Å². The summed E-state index contributed by atoms with van der Waals surface area (Å²) in [6.07, 6.45) is 4.19. The van der Waals surface area contributed by atoms with Crippen LogP contribution in [0.3, 0.4) is 0 Å². The molecular formula is C22H26N4O4. The molecule has 1 aromatic carbocycles. The van der Waals surface area contributed by atoms with Gasteiger partial charge < -0.3 is 10.2 Å². The molecule has 1 atom stereocenters. The van der Waals surface area contributed by atoms with Crippen LogP contribution in [0, 0.1) is 19.3 Å². The number of carboxylic acid groups (broad SMARTS) is 1. The minimum atomic E-state index is -1.54. The third kappa shape index (κ3) is 3.78. The number of rotatable bonds is 4. The first-order chi connectivity index (χ1) is 13.9. The zero-order valence-corrected chi connectivity index (χ0v) is 17.7. The molecular weight excluding hydrogens is 384 g/mol. The van der Waals surface area contributed by atoms with Gasteiger partial charge in [-0.25, -0.2) is 9.48 Å². The fraction of sp³-hybridized carbons (Fsp3) is 0.364. The number of H-pyrrole nitrogens is 1. The van der Waals surface area contributed by atoms with E-state index >= 15 is 0 Å². The van der Waals surface area contributed by atoms with E-state index in [1.165, 1.54) is 23.0 Å². The predicted molar refractivity (Wildman–Crippen MR) is 113 cm³/mol. The number of hydrogen-bond donors (Lipinski definition) is 3. The molecule has 1 heterocycles. The van der Waals surface area contributed by atoms with Gasteiger partial charge in [0.15, 0.2) is 5.69 Å². The maximum Gasteiger partial charge on any atom is 0.331 e. The molecule has 0 saturated carbocycles. The Bertz CT molecular complexity index is 1140. The van der Waals surface area contributed by atoms with Crippen molar-refractivity contribution in [1.29, 1.82) is 0 Å². The Morgan fingerprint density at radius 3 is 2.47 bits per heavy atom. The average molecular weight is 410 g/mol. The molecule has 2 aromatic rings. The number of benzene rings is 1. The number of aliphatic hydroxyl groups is 1. The van der Waals surface area contributed by atoms with Gasteiger partial charge in [-0.1, -0.05) is 26.8 Å². The molecule has 3 rings (SSSR count). The highest BCUT2D eigenvalue weighted by molar-refractivity contribution is 5.87. The van der Waals surface area contributed by atoms with Gasteiger partial charge in [0.25, 0.3) is 5.56 Å². The van der Waals surface area contributed by atoms with Crippen LogP contribution in [0.1, 0.15) is 38.3 Å². The first-order valence-corrected chi connectivity index (χ1v) is 9.61. The van der Waals surface area contributed by atoms with E-state index in [1.807, 2.05) is 32.0 Å². The highest BCUT2D eigenvalue weighted by atomic mass is 16.4. The lowest BCUT2D eigenvalue weighted by molar-refractivity contribution is -0.134. The molecule has 0 radical (unpaired) electrons. The molecule has 158 valence electrons. The summed E-state index contributed by atoms with van der Waals surface area (Å²) >= 11 is 0. The van der Waals surface area contributed by atoms with Gasteiger partial charge in [-0.2, -0.15) is 5.11 Å². The van der Waals surface area contributed by atoms with Crippen LogP contribution >= 0.6 is 0 Å². The fourth-order valence-electron chi connectivity index (χ4n) is 3.25. The number of aromatic amines is 1. The maximum absolute atomic E-state index is 12.7. The van der Waals surface area contributed by atoms with E-state index in [0.717, 1.165) is 11.1 Å². The zero-order chi connectivity index (χ0) is 22.3. The normalized spacial score (nSPS) is 19.7.